The Bertz CT molecular complexity index is 741. The molecular weight excluding hydrogens is 328 g/mol. The molecule has 0 N–H and O–H groups in total. The van der Waals surface area contributed by atoms with Crippen LogP contribution in [0.15, 0.2) is 24.5 Å². The van der Waals surface area contributed by atoms with Gasteiger partial charge in [-0.2, -0.15) is 0 Å². The Morgan fingerprint density at radius 2 is 2.00 bits per heavy atom. The number of hydrogen-bond acceptors (Lipinski definition) is 5. The monoisotopic (exact) mass is 356 g/mol. The normalized spacial score (nSPS) is 20.9. The van der Waals surface area contributed by atoms with E-state index < -0.39 is 0 Å². The first-order valence-electron chi connectivity index (χ1n) is 9.61. The first-order chi connectivity index (χ1) is 12.8. The van der Waals surface area contributed by atoms with E-state index in [0.717, 1.165) is 49.3 Å². The highest BCUT2D eigenvalue weighted by Gasteiger charge is 2.30. The van der Waals surface area contributed by atoms with Gasteiger partial charge in [0.2, 0.25) is 0 Å². The van der Waals surface area contributed by atoms with Crippen molar-refractivity contribution in [3.05, 3.63) is 35.9 Å². The summed E-state index contributed by atoms with van der Waals surface area (Å²) in [7, 11) is 3.40. The van der Waals surface area contributed by atoms with E-state index in [2.05, 4.69) is 25.7 Å². The molecule has 6 nitrogen and oxygen atoms in total. The first kappa shape index (κ1) is 17.3. The molecule has 0 unspecified atom stereocenters. The highest BCUT2D eigenvalue weighted by Crippen LogP contribution is 2.36. The van der Waals surface area contributed by atoms with Crippen molar-refractivity contribution in [3.63, 3.8) is 0 Å². The summed E-state index contributed by atoms with van der Waals surface area (Å²) in [5.74, 6) is 3.66. The quantitative estimate of drug-likeness (QED) is 0.761. The van der Waals surface area contributed by atoms with Crippen LogP contribution in [0.3, 0.4) is 0 Å². The summed E-state index contributed by atoms with van der Waals surface area (Å²) < 4.78 is 13.2. The summed E-state index contributed by atoms with van der Waals surface area (Å²) >= 11 is 0. The second kappa shape index (κ2) is 7.66. The van der Waals surface area contributed by atoms with Gasteiger partial charge in [0.25, 0.3) is 0 Å². The molecule has 6 heteroatoms. The number of likely N-dealkylation sites (tertiary alicyclic amines) is 1. The third-order valence-electron chi connectivity index (χ3n) is 5.58. The topological polar surface area (TPSA) is 52.4 Å². The van der Waals surface area contributed by atoms with Crippen LogP contribution in [0.2, 0.25) is 0 Å². The van der Waals surface area contributed by atoms with E-state index in [1.165, 1.54) is 31.2 Å². The van der Waals surface area contributed by atoms with Gasteiger partial charge in [0, 0.05) is 24.7 Å². The molecule has 2 aliphatic rings. The van der Waals surface area contributed by atoms with Crippen LogP contribution in [0.4, 0.5) is 0 Å². The maximum absolute atomic E-state index is 5.60. The van der Waals surface area contributed by atoms with Gasteiger partial charge in [-0.25, -0.2) is 0 Å². The summed E-state index contributed by atoms with van der Waals surface area (Å²) in [6.45, 7) is 3.00. The van der Waals surface area contributed by atoms with Gasteiger partial charge >= 0.3 is 0 Å². The summed E-state index contributed by atoms with van der Waals surface area (Å²) in [5.41, 5.74) is 1.19. The zero-order chi connectivity index (χ0) is 17.9. The maximum atomic E-state index is 5.60. The molecule has 1 saturated heterocycles. The Balaban J connectivity index is 1.55. The zero-order valence-corrected chi connectivity index (χ0v) is 15.7. The van der Waals surface area contributed by atoms with Gasteiger partial charge in [-0.1, -0.05) is 12.5 Å². The fourth-order valence-electron chi connectivity index (χ4n) is 3.92. The van der Waals surface area contributed by atoms with Crippen molar-refractivity contribution in [1.82, 2.24) is 19.7 Å². The van der Waals surface area contributed by atoms with Gasteiger partial charge in [-0.3, -0.25) is 4.90 Å². The first-order valence-corrected chi connectivity index (χ1v) is 9.61. The summed E-state index contributed by atoms with van der Waals surface area (Å²) in [5, 5.41) is 8.72. The van der Waals surface area contributed by atoms with E-state index in [4.69, 9.17) is 9.47 Å². The average Bonchev–Trinajstić information content (AvgIpc) is 3.38. The number of nitrogens with zero attached hydrogens (tertiary/aromatic N) is 4. The molecule has 1 aromatic heterocycles. The van der Waals surface area contributed by atoms with Crippen LogP contribution in [0, 0.1) is 5.92 Å². The minimum Gasteiger partial charge on any atom is -0.497 e. The van der Waals surface area contributed by atoms with Gasteiger partial charge in [-0.15, -0.1) is 10.2 Å². The lowest BCUT2D eigenvalue weighted by molar-refractivity contribution is 0.129. The minimum atomic E-state index is 0.330. The maximum Gasteiger partial charge on any atom is 0.150 e. The molecule has 0 bridgehead atoms. The number of benzene rings is 1. The number of hydrogen-bond donors (Lipinski definition) is 0. The molecule has 0 spiro atoms. The van der Waals surface area contributed by atoms with Crippen molar-refractivity contribution in [3.8, 4) is 11.5 Å². The summed E-state index contributed by atoms with van der Waals surface area (Å²) in [4.78, 5) is 2.53. The highest BCUT2D eigenvalue weighted by atomic mass is 16.5. The van der Waals surface area contributed by atoms with Crippen LogP contribution in [-0.4, -0.2) is 40.4 Å². The van der Waals surface area contributed by atoms with Crippen LogP contribution >= 0.6 is 0 Å². The van der Waals surface area contributed by atoms with E-state index in [-0.39, 0.29) is 0 Å². The number of piperidine rings is 1. The van der Waals surface area contributed by atoms with Crippen molar-refractivity contribution in [2.75, 3.05) is 20.8 Å². The fourth-order valence-corrected chi connectivity index (χ4v) is 3.92. The second-order valence-corrected chi connectivity index (χ2v) is 7.44. The van der Waals surface area contributed by atoms with Crippen molar-refractivity contribution >= 4 is 0 Å². The SMILES string of the molecule is COc1ccc(CN2CCCC[C@@H]2c2nncn2CC2CC2)c(OC)c1. The van der Waals surface area contributed by atoms with Gasteiger partial charge in [0.1, 0.15) is 23.7 Å². The van der Waals surface area contributed by atoms with E-state index in [1.54, 1.807) is 14.2 Å². The zero-order valence-electron chi connectivity index (χ0n) is 15.7. The Morgan fingerprint density at radius 3 is 2.77 bits per heavy atom. The molecule has 1 aromatic carbocycles. The van der Waals surface area contributed by atoms with Crippen molar-refractivity contribution in [1.29, 1.82) is 0 Å². The Kier molecular flexibility index (Phi) is 5.11. The number of rotatable bonds is 7. The number of methoxy groups -OCH3 is 2. The molecule has 2 aromatic rings. The molecule has 2 fully saturated rings. The van der Waals surface area contributed by atoms with Gasteiger partial charge in [0.15, 0.2) is 0 Å². The number of ether oxygens (including phenoxy) is 2. The van der Waals surface area contributed by atoms with Crippen LogP contribution in [0.25, 0.3) is 0 Å². The molecule has 26 heavy (non-hydrogen) atoms. The molecule has 1 atom stereocenters. The highest BCUT2D eigenvalue weighted by molar-refractivity contribution is 5.40. The van der Waals surface area contributed by atoms with Crippen LogP contribution < -0.4 is 9.47 Å². The molecule has 2 heterocycles. The van der Waals surface area contributed by atoms with E-state index in [1.807, 2.05) is 18.5 Å². The predicted octanol–water partition coefficient (Wildman–Crippen LogP) is 3.43. The Hall–Kier alpha value is -2.08. The van der Waals surface area contributed by atoms with Gasteiger partial charge < -0.3 is 14.0 Å². The lowest BCUT2D eigenvalue weighted by Crippen LogP contribution is -2.34. The van der Waals surface area contributed by atoms with Crippen molar-refractivity contribution in [2.45, 2.75) is 51.2 Å². The molecular formula is C20H28N4O2. The minimum absolute atomic E-state index is 0.330. The van der Waals surface area contributed by atoms with Crippen LogP contribution in [-0.2, 0) is 13.1 Å². The number of aromatic nitrogens is 3. The largest absolute Gasteiger partial charge is 0.497 e. The van der Waals surface area contributed by atoms with Crippen LogP contribution in [0.1, 0.15) is 49.5 Å². The van der Waals surface area contributed by atoms with Crippen LogP contribution in [0.5, 0.6) is 11.5 Å². The molecule has 1 aliphatic heterocycles. The van der Waals surface area contributed by atoms with Gasteiger partial charge in [-0.05, 0) is 44.2 Å². The molecule has 0 amide bonds. The summed E-state index contributed by atoms with van der Waals surface area (Å²) in [6.07, 6.45) is 8.21. The van der Waals surface area contributed by atoms with Crippen molar-refractivity contribution < 1.29 is 9.47 Å². The lowest BCUT2D eigenvalue weighted by atomic mass is 10.00. The van der Waals surface area contributed by atoms with E-state index in [9.17, 15) is 0 Å². The molecule has 4 rings (SSSR count). The molecule has 1 saturated carbocycles. The Morgan fingerprint density at radius 1 is 1.12 bits per heavy atom. The van der Waals surface area contributed by atoms with Gasteiger partial charge in [0.05, 0.1) is 20.3 Å². The third kappa shape index (κ3) is 3.70. The average molecular weight is 356 g/mol. The fraction of sp³-hybridized carbons (Fsp3) is 0.600. The standard InChI is InChI=1S/C20H28N4O2/c1-25-17-9-8-16(19(11-17)26-2)13-23-10-4-3-5-18(23)20-22-21-14-24(20)12-15-6-7-15/h8-9,11,14-15,18H,3-7,10,12-13H2,1-2H3/t18-/m1/s1. The smallest absolute Gasteiger partial charge is 0.150 e. The second-order valence-electron chi connectivity index (χ2n) is 7.44. The van der Waals surface area contributed by atoms with Crippen molar-refractivity contribution in [2.24, 2.45) is 5.92 Å². The third-order valence-corrected chi connectivity index (χ3v) is 5.58. The Labute approximate surface area is 155 Å². The molecule has 140 valence electrons. The summed E-state index contributed by atoms with van der Waals surface area (Å²) in [6, 6.07) is 6.41. The van der Waals surface area contributed by atoms with E-state index >= 15 is 0 Å². The predicted molar refractivity (Wildman–Crippen MR) is 99.3 cm³/mol. The van der Waals surface area contributed by atoms with E-state index in [0.29, 0.717) is 6.04 Å². The lowest BCUT2D eigenvalue weighted by Gasteiger charge is -2.35. The molecule has 0 radical (unpaired) electrons. The molecule has 1 aliphatic carbocycles.